The highest BCUT2D eigenvalue weighted by Gasteiger charge is 2.70. The van der Waals surface area contributed by atoms with E-state index in [0.717, 1.165) is 50.5 Å². The Bertz CT molecular complexity index is 1900. The molecule has 1 saturated heterocycles. The van der Waals surface area contributed by atoms with E-state index in [0.29, 0.717) is 48.3 Å². The van der Waals surface area contributed by atoms with Crippen LogP contribution in [-0.4, -0.2) is 85.9 Å². The quantitative estimate of drug-likeness (QED) is 0.179. The summed E-state index contributed by atoms with van der Waals surface area (Å²) in [7, 11) is -1.87. The van der Waals surface area contributed by atoms with Gasteiger partial charge >= 0.3 is 5.97 Å². The van der Waals surface area contributed by atoms with Crippen LogP contribution < -0.4 is 10.1 Å². The smallest absolute Gasteiger partial charge is 0.313 e. The van der Waals surface area contributed by atoms with Crippen molar-refractivity contribution in [3.8, 4) is 5.88 Å². The summed E-state index contributed by atoms with van der Waals surface area (Å²) in [6, 6.07) is 1.68. The van der Waals surface area contributed by atoms with Gasteiger partial charge in [-0.15, -0.1) is 0 Å². The Morgan fingerprint density at radius 3 is 2.42 bits per heavy atom. The van der Waals surface area contributed by atoms with Crippen LogP contribution in [0, 0.1) is 56.7 Å². The maximum absolute atomic E-state index is 12.7. The van der Waals surface area contributed by atoms with E-state index in [4.69, 9.17) is 4.74 Å². The molecule has 8 rings (SSSR count). The van der Waals surface area contributed by atoms with Crippen molar-refractivity contribution in [2.45, 2.75) is 124 Å². The van der Waals surface area contributed by atoms with Crippen molar-refractivity contribution < 1.29 is 18.8 Å². The minimum atomic E-state index is -1.87. The number of carboxylic acid groups (broad SMARTS) is 1. The molecule has 6 aliphatic carbocycles. The van der Waals surface area contributed by atoms with E-state index in [1.165, 1.54) is 74.4 Å². The fourth-order valence-electron chi connectivity index (χ4n) is 15.2. The molecule has 0 spiro atoms. The second-order valence-corrected chi connectivity index (χ2v) is 24.1. The van der Waals surface area contributed by atoms with Gasteiger partial charge < -0.3 is 20.1 Å². The Hall–Kier alpha value is -2.49. The van der Waals surface area contributed by atoms with Crippen molar-refractivity contribution in [1.29, 1.82) is 0 Å². The molecule has 10 atom stereocenters. The van der Waals surface area contributed by atoms with Crippen LogP contribution in [0.1, 0.15) is 119 Å². The third-order valence-electron chi connectivity index (χ3n) is 18.6. The molecule has 5 fully saturated rings. The SMILES string of the molecule is C=C(C)[C@@H]1CC[C@]2(NCCN3CCS(=C)(=O)CC3)CC[C@]3(C)[C@H](CC[C@@H]4[C@@]5(C)CC=C(C6=CC[C@](COc7ccncn7)(C(=O)O)CC6)C(C)(C)[C@@H]5CC[C@]43C)[C@@H]12. The Labute approximate surface area is 344 Å². The first-order valence-corrected chi connectivity index (χ1v) is 24.4. The van der Waals surface area contributed by atoms with Crippen LogP contribution in [0.25, 0.3) is 0 Å². The zero-order valence-electron chi connectivity index (χ0n) is 36.0. The lowest BCUT2D eigenvalue weighted by molar-refractivity contribution is -0.221. The highest BCUT2D eigenvalue weighted by atomic mass is 32.2. The summed E-state index contributed by atoms with van der Waals surface area (Å²) >= 11 is 0. The van der Waals surface area contributed by atoms with E-state index in [2.05, 4.69) is 86.3 Å². The van der Waals surface area contributed by atoms with Crippen LogP contribution in [0.5, 0.6) is 5.88 Å². The number of nitrogens with one attached hydrogen (secondary N) is 1. The zero-order chi connectivity index (χ0) is 40.6. The highest BCUT2D eigenvalue weighted by Crippen LogP contribution is 2.76. The van der Waals surface area contributed by atoms with Gasteiger partial charge in [0.1, 0.15) is 18.3 Å². The van der Waals surface area contributed by atoms with E-state index in [-0.39, 0.29) is 33.8 Å². The van der Waals surface area contributed by atoms with Crippen LogP contribution in [-0.2, 0) is 14.3 Å². The molecule has 7 aliphatic rings. The first-order valence-electron chi connectivity index (χ1n) is 22.4. The summed E-state index contributed by atoms with van der Waals surface area (Å²) in [5, 5.41) is 14.7. The molecule has 1 aliphatic heterocycles. The summed E-state index contributed by atoms with van der Waals surface area (Å²) in [6.07, 6.45) is 21.1. The van der Waals surface area contributed by atoms with Gasteiger partial charge in [0.25, 0.3) is 0 Å². The number of aliphatic carboxylic acids is 1. The van der Waals surface area contributed by atoms with E-state index in [1.54, 1.807) is 12.3 Å². The van der Waals surface area contributed by atoms with Crippen molar-refractivity contribution in [1.82, 2.24) is 20.2 Å². The number of carboxylic acids is 1. The largest absolute Gasteiger partial charge is 0.481 e. The standard InChI is InChI=1S/C48H72N4O4S/c1-33(2)35-13-21-48(51-25-26-52-27-29-57(8,55)30-28-52)23-22-45(6)37(41(35)48)9-10-39-44(5)17-14-36(43(3,4)38(44)15-18-46(39,45)7)34-11-19-47(20-12-34,42(53)54)31-56-40-16-24-49-32-50-40/h11,14,16,24,32,35,37-39,41,51H,1,8-10,12-13,15,17-23,25-31H2,2-7H3,(H,53,54)/t35-,37+,38-,39+,41+,44-,45+,46+,47-,48-/m0/s1. The number of hydrogen-bond acceptors (Lipinski definition) is 7. The van der Waals surface area contributed by atoms with Crippen LogP contribution >= 0.6 is 0 Å². The van der Waals surface area contributed by atoms with E-state index < -0.39 is 20.9 Å². The number of allylic oxidation sites excluding steroid dienone is 5. The molecule has 1 aromatic rings. The third kappa shape index (κ3) is 6.71. The van der Waals surface area contributed by atoms with E-state index in [1.807, 2.05) is 0 Å². The van der Waals surface area contributed by atoms with Gasteiger partial charge in [0, 0.05) is 55.5 Å². The number of hydrogen-bond donors (Lipinski definition) is 2. The summed E-state index contributed by atoms with van der Waals surface area (Å²) in [5.74, 6) is 8.26. The lowest BCUT2D eigenvalue weighted by atomic mass is 9.33. The van der Waals surface area contributed by atoms with E-state index >= 15 is 0 Å². The molecule has 57 heavy (non-hydrogen) atoms. The number of ether oxygens (including phenoxy) is 1. The van der Waals surface area contributed by atoms with Crippen LogP contribution in [0.3, 0.4) is 0 Å². The summed E-state index contributed by atoms with van der Waals surface area (Å²) in [6.45, 7) is 24.1. The van der Waals surface area contributed by atoms with Gasteiger partial charge in [0.05, 0.1) is 0 Å². The molecule has 9 heteroatoms. The van der Waals surface area contributed by atoms with Crippen molar-refractivity contribution in [2.75, 3.05) is 44.3 Å². The second-order valence-electron chi connectivity index (χ2n) is 21.4. The Morgan fingerprint density at radius 2 is 1.75 bits per heavy atom. The molecule has 8 nitrogen and oxygen atoms in total. The van der Waals surface area contributed by atoms with Gasteiger partial charge in [-0.1, -0.05) is 58.9 Å². The molecule has 0 amide bonds. The van der Waals surface area contributed by atoms with Crippen LogP contribution in [0.4, 0.5) is 0 Å². The Morgan fingerprint density at radius 1 is 0.982 bits per heavy atom. The fourth-order valence-corrected chi connectivity index (χ4v) is 16.6. The van der Waals surface area contributed by atoms with Crippen LogP contribution in [0.15, 0.2) is 54.0 Å². The molecular formula is C48H72N4O4S. The van der Waals surface area contributed by atoms with Gasteiger partial charge in [-0.3, -0.25) is 9.00 Å². The lowest BCUT2D eigenvalue weighted by Crippen LogP contribution is -2.68. The molecule has 314 valence electrons. The van der Waals surface area contributed by atoms with Crippen molar-refractivity contribution in [3.05, 3.63) is 54.0 Å². The molecule has 0 unspecified atom stereocenters. The van der Waals surface area contributed by atoms with Gasteiger partial charge in [-0.2, -0.15) is 0 Å². The number of nitrogens with zero attached hydrogens (tertiary/aromatic N) is 3. The maximum Gasteiger partial charge on any atom is 0.313 e. The second kappa shape index (κ2) is 14.6. The Balaban J connectivity index is 1.01. The number of aromatic nitrogens is 2. The predicted molar refractivity (Wildman–Crippen MR) is 232 cm³/mol. The van der Waals surface area contributed by atoms with Gasteiger partial charge in [0.2, 0.25) is 5.88 Å². The minimum absolute atomic E-state index is 0.0131. The van der Waals surface area contributed by atoms with E-state index in [9.17, 15) is 14.1 Å². The first-order chi connectivity index (χ1) is 26.9. The first kappa shape index (κ1) is 41.3. The molecule has 0 radical (unpaired) electrons. The van der Waals surface area contributed by atoms with Gasteiger partial charge in [-0.25, -0.2) is 9.97 Å². The number of fused-ring (bicyclic) bond motifs is 7. The predicted octanol–water partition coefficient (Wildman–Crippen LogP) is 8.60. The normalized spacial score (nSPS) is 42.3. The summed E-state index contributed by atoms with van der Waals surface area (Å²) in [5.41, 5.74) is 4.25. The Kier molecular flexibility index (Phi) is 10.6. The van der Waals surface area contributed by atoms with Crippen molar-refractivity contribution >= 4 is 21.4 Å². The van der Waals surface area contributed by atoms with Crippen molar-refractivity contribution in [2.24, 2.45) is 56.7 Å². The molecule has 1 aromatic heterocycles. The highest BCUT2D eigenvalue weighted by molar-refractivity contribution is 8.00. The lowest BCUT2D eigenvalue weighted by Gasteiger charge is -2.72. The van der Waals surface area contributed by atoms with Crippen molar-refractivity contribution in [3.63, 3.8) is 0 Å². The number of rotatable bonds is 10. The molecule has 2 N–H and O–H groups in total. The zero-order valence-corrected chi connectivity index (χ0v) is 36.9. The molecule has 0 aromatic carbocycles. The van der Waals surface area contributed by atoms with Crippen LogP contribution in [0.2, 0.25) is 0 Å². The summed E-state index contributed by atoms with van der Waals surface area (Å²) in [4.78, 5) is 23.3. The molecule has 0 bridgehead atoms. The molecular weight excluding hydrogens is 729 g/mol. The molecule has 4 saturated carbocycles. The molecule has 2 heterocycles. The summed E-state index contributed by atoms with van der Waals surface area (Å²) < 4.78 is 18.4. The maximum atomic E-state index is 12.7. The topological polar surface area (TPSA) is 105 Å². The van der Waals surface area contributed by atoms with Gasteiger partial charge in [-0.05, 0) is 162 Å². The minimum Gasteiger partial charge on any atom is -0.481 e. The fraction of sp³-hybridized carbons (Fsp3) is 0.750. The monoisotopic (exact) mass is 801 g/mol. The number of carbonyl (C=O) groups is 1. The van der Waals surface area contributed by atoms with Gasteiger partial charge in [0.15, 0.2) is 0 Å². The average Bonchev–Trinajstić information content (AvgIpc) is 3.55. The third-order valence-corrected chi connectivity index (χ3v) is 20.4. The average molecular weight is 801 g/mol.